The van der Waals surface area contributed by atoms with Crippen molar-refractivity contribution in [2.45, 2.75) is 6.54 Å². The number of para-hydroxylation sites is 1. The number of nitrogens with zero attached hydrogens (tertiary/aromatic N) is 2. The lowest BCUT2D eigenvalue weighted by atomic mass is 10.2. The fraction of sp³-hybridized carbons (Fsp3) is 0.125. The van der Waals surface area contributed by atoms with E-state index in [2.05, 4.69) is 17.1 Å². The molecule has 0 fully saturated rings. The van der Waals surface area contributed by atoms with Gasteiger partial charge in [0.2, 0.25) is 0 Å². The molecular weight excluding hydrogens is 236 g/mol. The lowest BCUT2D eigenvalue weighted by molar-refractivity contribution is -0.113. The molecule has 0 saturated carbocycles. The summed E-state index contributed by atoms with van der Waals surface area (Å²) in [6, 6.07) is 17.8. The van der Waals surface area contributed by atoms with Crippen LogP contribution in [0.4, 0.5) is 0 Å². The number of fused-ring (bicyclic) bond motifs is 1. The van der Waals surface area contributed by atoms with E-state index >= 15 is 0 Å². The van der Waals surface area contributed by atoms with E-state index < -0.39 is 0 Å². The number of rotatable bonds is 3. The minimum atomic E-state index is -0.153. The van der Waals surface area contributed by atoms with Crippen LogP contribution < -0.4 is 10.6 Å². The molecule has 0 N–H and O–H groups in total. The summed E-state index contributed by atoms with van der Waals surface area (Å²) < 4.78 is 0. The molecular formula is C16H14N2O. The molecule has 3 rings (SSSR count). The Morgan fingerprint density at radius 2 is 1.68 bits per heavy atom. The first-order chi connectivity index (χ1) is 9.25. The first kappa shape index (κ1) is 11.7. The van der Waals surface area contributed by atoms with Gasteiger partial charge in [-0.3, -0.25) is 4.79 Å². The predicted molar refractivity (Wildman–Crippen MR) is 73.5 cm³/mol. The van der Waals surface area contributed by atoms with Gasteiger partial charge in [0, 0.05) is 18.8 Å². The zero-order valence-electron chi connectivity index (χ0n) is 10.7. The standard InChI is InChI=1S/C16H14N2O/c1-18(11-12-7-3-2-4-8-12)15-13-9-5-6-10-14(13)17-16(15)19/h2-10H,11H2,1H3. The molecule has 1 aliphatic rings. The molecule has 1 amide bonds. The normalized spacial score (nSPS) is 13.1. The van der Waals surface area contributed by atoms with Crippen molar-refractivity contribution < 1.29 is 4.79 Å². The van der Waals surface area contributed by atoms with Gasteiger partial charge in [-0.05, 0) is 11.6 Å². The molecule has 0 bridgehead atoms. The monoisotopic (exact) mass is 250 g/mol. The molecule has 94 valence electrons. The molecule has 0 aromatic heterocycles. The first-order valence-corrected chi connectivity index (χ1v) is 6.23. The number of hydrogen-bond donors (Lipinski definition) is 0. The van der Waals surface area contributed by atoms with Crippen LogP contribution in [-0.4, -0.2) is 17.9 Å². The Balaban J connectivity index is 1.99. The van der Waals surface area contributed by atoms with Crippen molar-refractivity contribution in [3.8, 4) is 0 Å². The molecule has 1 aliphatic heterocycles. The Labute approximate surface area is 111 Å². The number of carbonyl (C=O) groups excluding carboxylic acids is 1. The minimum Gasteiger partial charge on any atom is -0.365 e. The van der Waals surface area contributed by atoms with E-state index in [9.17, 15) is 4.79 Å². The lowest BCUT2D eigenvalue weighted by Crippen LogP contribution is -2.29. The third-order valence-electron chi connectivity index (χ3n) is 3.23. The summed E-state index contributed by atoms with van der Waals surface area (Å²) in [5, 5.41) is 1.69. The van der Waals surface area contributed by atoms with E-state index in [0.717, 1.165) is 10.6 Å². The van der Waals surface area contributed by atoms with E-state index in [4.69, 9.17) is 0 Å². The van der Waals surface area contributed by atoms with Crippen molar-refractivity contribution in [3.63, 3.8) is 0 Å². The average Bonchev–Trinajstić information content (AvgIpc) is 2.75. The van der Waals surface area contributed by atoms with Gasteiger partial charge in [-0.1, -0.05) is 48.5 Å². The smallest absolute Gasteiger partial charge is 0.294 e. The average molecular weight is 250 g/mol. The number of amides is 1. The van der Waals surface area contributed by atoms with Crippen molar-refractivity contribution in [3.05, 3.63) is 70.7 Å². The summed E-state index contributed by atoms with van der Waals surface area (Å²) in [6.45, 7) is 0.700. The molecule has 3 heteroatoms. The Morgan fingerprint density at radius 1 is 1.00 bits per heavy atom. The fourth-order valence-corrected chi connectivity index (χ4v) is 2.35. The topological polar surface area (TPSA) is 32.7 Å². The van der Waals surface area contributed by atoms with Gasteiger partial charge in [0.1, 0.15) is 5.70 Å². The van der Waals surface area contributed by atoms with Crippen LogP contribution in [0, 0.1) is 0 Å². The highest BCUT2D eigenvalue weighted by molar-refractivity contribution is 6.14. The van der Waals surface area contributed by atoms with Crippen molar-refractivity contribution in [2.75, 3.05) is 7.05 Å². The molecule has 0 aliphatic carbocycles. The van der Waals surface area contributed by atoms with E-state index in [1.54, 1.807) is 0 Å². The van der Waals surface area contributed by atoms with Crippen LogP contribution in [0.15, 0.2) is 59.6 Å². The highest BCUT2D eigenvalue weighted by Gasteiger charge is 2.19. The second kappa shape index (κ2) is 4.69. The van der Waals surface area contributed by atoms with Gasteiger partial charge in [0.15, 0.2) is 0 Å². The molecule has 0 unspecified atom stereocenters. The maximum absolute atomic E-state index is 12.0. The second-order valence-electron chi connectivity index (χ2n) is 4.62. The largest absolute Gasteiger partial charge is 0.365 e. The lowest BCUT2D eigenvalue weighted by Gasteiger charge is -2.19. The summed E-state index contributed by atoms with van der Waals surface area (Å²) in [5.74, 6) is -0.153. The van der Waals surface area contributed by atoms with Gasteiger partial charge >= 0.3 is 0 Å². The van der Waals surface area contributed by atoms with Crippen molar-refractivity contribution in [1.29, 1.82) is 0 Å². The van der Waals surface area contributed by atoms with Crippen LogP contribution in [0.2, 0.25) is 0 Å². The quantitative estimate of drug-likeness (QED) is 0.817. The summed E-state index contributed by atoms with van der Waals surface area (Å²) >= 11 is 0. The maximum Gasteiger partial charge on any atom is 0.294 e. The minimum absolute atomic E-state index is 0.153. The molecule has 19 heavy (non-hydrogen) atoms. The van der Waals surface area contributed by atoms with Crippen LogP contribution in [0.25, 0.3) is 5.70 Å². The summed E-state index contributed by atoms with van der Waals surface area (Å²) in [7, 11) is 1.93. The zero-order valence-corrected chi connectivity index (χ0v) is 10.7. The molecule has 3 nitrogen and oxygen atoms in total. The molecule has 0 atom stereocenters. The number of carbonyl (C=O) groups is 1. The number of hydrogen-bond acceptors (Lipinski definition) is 2. The van der Waals surface area contributed by atoms with E-state index in [1.807, 2.05) is 54.4 Å². The molecule has 1 heterocycles. The Hall–Kier alpha value is -2.42. The van der Waals surface area contributed by atoms with Gasteiger partial charge in [0.25, 0.3) is 5.91 Å². The fourth-order valence-electron chi connectivity index (χ4n) is 2.35. The molecule has 0 radical (unpaired) electrons. The molecule has 2 aromatic carbocycles. The van der Waals surface area contributed by atoms with Gasteiger partial charge in [-0.25, -0.2) is 4.99 Å². The van der Waals surface area contributed by atoms with Crippen molar-refractivity contribution >= 4 is 11.6 Å². The SMILES string of the molecule is CN(Cc1ccccc1)C1=c2ccccc2=NC1=O. The van der Waals surface area contributed by atoms with Gasteiger partial charge in [0.05, 0.1) is 5.36 Å². The van der Waals surface area contributed by atoms with E-state index in [1.165, 1.54) is 5.56 Å². The summed E-state index contributed by atoms with van der Waals surface area (Å²) in [6.07, 6.45) is 0. The third-order valence-corrected chi connectivity index (χ3v) is 3.23. The van der Waals surface area contributed by atoms with Gasteiger partial charge < -0.3 is 4.90 Å². The Morgan fingerprint density at radius 3 is 2.47 bits per heavy atom. The Bertz CT molecular complexity index is 735. The third kappa shape index (κ3) is 2.15. The van der Waals surface area contributed by atoms with Crippen molar-refractivity contribution in [2.24, 2.45) is 4.99 Å². The summed E-state index contributed by atoms with van der Waals surface area (Å²) in [4.78, 5) is 18.1. The van der Waals surface area contributed by atoms with Gasteiger partial charge in [-0.2, -0.15) is 0 Å². The zero-order chi connectivity index (χ0) is 13.2. The highest BCUT2D eigenvalue weighted by Crippen LogP contribution is 2.11. The van der Waals surface area contributed by atoms with Crippen LogP contribution in [0.1, 0.15) is 5.56 Å². The molecule has 2 aromatic rings. The predicted octanol–water partition coefficient (Wildman–Crippen LogP) is 1.09. The number of likely N-dealkylation sites (N-methyl/N-ethyl adjacent to an activating group) is 1. The van der Waals surface area contributed by atoms with Crippen LogP contribution in [-0.2, 0) is 11.3 Å². The van der Waals surface area contributed by atoms with Crippen LogP contribution in [0.3, 0.4) is 0 Å². The van der Waals surface area contributed by atoms with E-state index in [0.29, 0.717) is 12.2 Å². The summed E-state index contributed by atoms with van der Waals surface area (Å²) in [5.41, 5.74) is 1.86. The van der Waals surface area contributed by atoms with Crippen LogP contribution in [0.5, 0.6) is 0 Å². The van der Waals surface area contributed by atoms with Crippen molar-refractivity contribution in [1.82, 2.24) is 4.90 Å². The maximum atomic E-state index is 12.0. The van der Waals surface area contributed by atoms with Crippen LogP contribution >= 0.6 is 0 Å². The number of benzene rings is 2. The highest BCUT2D eigenvalue weighted by atomic mass is 16.1. The second-order valence-corrected chi connectivity index (χ2v) is 4.62. The van der Waals surface area contributed by atoms with Gasteiger partial charge in [-0.15, -0.1) is 0 Å². The molecule has 0 saturated heterocycles. The first-order valence-electron chi connectivity index (χ1n) is 6.23. The Kier molecular flexibility index (Phi) is 2.88. The van der Waals surface area contributed by atoms with E-state index in [-0.39, 0.29) is 5.91 Å². The molecule has 0 spiro atoms.